The van der Waals surface area contributed by atoms with Crippen LogP contribution in [0, 0.1) is 0 Å². The molecule has 1 aliphatic rings. The van der Waals surface area contributed by atoms with Gasteiger partial charge in [-0.15, -0.1) is 0 Å². The number of carbonyl (C=O) groups excluding carboxylic acids is 1. The van der Waals surface area contributed by atoms with Gasteiger partial charge in [0.15, 0.2) is 0 Å². The number of carboxylic acid groups (broad SMARTS) is 1. The summed E-state index contributed by atoms with van der Waals surface area (Å²) < 4.78 is 0. The third-order valence-electron chi connectivity index (χ3n) is 2.93. The van der Waals surface area contributed by atoms with E-state index in [0.717, 1.165) is 12.2 Å². The quantitative estimate of drug-likeness (QED) is 0.580. The van der Waals surface area contributed by atoms with Crippen molar-refractivity contribution in [1.82, 2.24) is 10.6 Å². The third-order valence-corrected chi connectivity index (χ3v) is 4.32. The highest BCUT2D eigenvalue weighted by Gasteiger charge is 2.25. The number of rotatable bonds is 6. The van der Waals surface area contributed by atoms with Crippen LogP contribution in [0.5, 0.6) is 0 Å². The van der Waals surface area contributed by atoms with Crippen molar-refractivity contribution in [1.29, 1.82) is 0 Å². The molecule has 0 spiro atoms. The Bertz CT molecular complexity index is 317. The first-order valence-electron chi connectivity index (χ1n) is 6.46. The van der Waals surface area contributed by atoms with Crippen LogP contribution >= 0.6 is 11.8 Å². The number of carbonyl (C=O) groups is 2. The first kappa shape index (κ1) is 16.1. The second-order valence-electron chi connectivity index (χ2n) is 5.12. The standard InChI is InChI=1S/C12H22N2O4S/c1-12(18,6-10(15)16)8-14-11(17)13-7-9-4-2-3-5-19-9/h9,18H,2-8H2,1H3,(H,15,16)(H2,13,14,17). The number of aliphatic hydroxyl groups is 1. The summed E-state index contributed by atoms with van der Waals surface area (Å²) in [5.74, 6) is 0.0483. The number of thioether (sulfide) groups is 1. The van der Waals surface area contributed by atoms with Gasteiger partial charge in [0, 0.05) is 18.3 Å². The molecule has 0 bridgehead atoms. The number of hydrogen-bond acceptors (Lipinski definition) is 4. The molecule has 110 valence electrons. The number of nitrogens with one attached hydrogen (secondary N) is 2. The summed E-state index contributed by atoms with van der Waals surface area (Å²) in [6, 6.07) is -0.364. The van der Waals surface area contributed by atoms with Gasteiger partial charge in [0.2, 0.25) is 0 Å². The lowest BCUT2D eigenvalue weighted by atomic mass is 10.0. The SMILES string of the molecule is CC(O)(CNC(=O)NCC1CCCCS1)CC(=O)O. The molecule has 2 atom stereocenters. The van der Waals surface area contributed by atoms with Crippen molar-refractivity contribution in [2.45, 2.75) is 43.5 Å². The minimum Gasteiger partial charge on any atom is -0.481 e. The zero-order valence-corrected chi connectivity index (χ0v) is 12.0. The Labute approximate surface area is 117 Å². The van der Waals surface area contributed by atoms with E-state index in [1.807, 2.05) is 11.8 Å². The number of hydrogen-bond donors (Lipinski definition) is 4. The molecule has 0 aromatic carbocycles. The molecule has 6 nitrogen and oxygen atoms in total. The fourth-order valence-electron chi connectivity index (χ4n) is 1.90. The largest absolute Gasteiger partial charge is 0.481 e. The van der Waals surface area contributed by atoms with Crippen LogP contribution in [-0.4, -0.2) is 51.9 Å². The second-order valence-corrected chi connectivity index (χ2v) is 6.53. The van der Waals surface area contributed by atoms with Crippen molar-refractivity contribution >= 4 is 23.8 Å². The van der Waals surface area contributed by atoms with Gasteiger partial charge in [0.05, 0.1) is 12.0 Å². The number of amides is 2. The van der Waals surface area contributed by atoms with Crippen LogP contribution in [0.3, 0.4) is 0 Å². The fraction of sp³-hybridized carbons (Fsp3) is 0.833. The third kappa shape index (κ3) is 7.27. The monoisotopic (exact) mass is 290 g/mol. The fourth-order valence-corrected chi connectivity index (χ4v) is 3.14. The van der Waals surface area contributed by atoms with E-state index in [1.54, 1.807) is 0 Å². The van der Waals surface area contributed by atoms with Crippen LogP contribution in [0.15, 0.2) is 0 Å². The highest BCUT2D eigenvalue weighted by atomic mass is 32.2. The molecule has 19 heavy (non-hydrogen) atoms. The van der Waals surface area contributed by atoms with Gasteiger partial charge in [0.1, 0.15) is 0 Å². The van der Waals surface area contributed by atoms with Crippen LogP contribution in [0.25, 0.3) is 0 Å². The van der Waals surface area contributed by atoms with Gasteiger partial charge in [-0.05, 0) is 25.5 Å². The summed E-state index contributed by atoms with van der Waals surface area (Å²) in [6.07, 6.45) is 3.16. The summed E-state index contributed by atoms with van der Waals surface area (Å²) >= 11 is 1.87. The minimum absolute atomic E-state index is 0.0804. The maximum Gasteiger partial charge on any atom is 0.314 e. The highest BCUT2D eigenvalue weighted by Crippen LogP contribution is 2.24. The maximum atomic E-state index is 11.5. The summed E-state index contributed by atoms with van der Waals surface area (Å²) in [4.78, 5) is 22.0. The molecule has 0 aromatic heterocycles. The van der Waals surface area contributed by atoms with Crippen molar-refractivity contribution < 1.29 is 19.8 Å². The second kappa shape index (κ2) is 7.59. The van der Waals surface area contributed by atoms with E-state index in [0.29, 0.717) is 11.8 Å². The van der Waals surface area contributed by atoms with Gasteiger partial charge in [-0.3, -0.25) is 4.79 Å². The molecule has 0 radical (unpaired) electrons. The van der Waals surface area contributed by atoms with Gasteiger partial charge in [-0.25, -0.2) is 4.79 Å². The molecule has 1 fully saturated rings. The average molecular weight is 290 g/mol. The van der Waals surface area contributed by atoms with Crippen LogP contribution < -0.4 is 10.6 Å². The summed E-state index contributed by atoms with van der Waals surface area (Å²) in [6.45, 7) is 1.92. The summed E-state index contributed by atoms with van der Waals surface area (Å²) in [7, 11) is 0. The van der Waals surface area contributed by atoms with Crippen molar-refractivity contribution in [2.75, 3.05) is 18.8 Å². The average Bonchev–Trinajstić information content (AvgIpc) is 2.34. The zero-order valence-electron chi connectivity index (χ0n) is 11.1. The molecule has 1 saturated heterocycles. The topological polar surface area (TPSA) is 98.7 Å². The Morgan fingerprint density at radius 2 is 2.11 bits per heavy atom. The Kier molecular flexibility index (Phi) is 6.44. The first-order valence-corrected chi connectivity index (χ1v) is 7.51. The number of carboxylic acids is 1. The number of urea groups is 1. The predicted octanol–water partition coefficient (Wildman–Crippen LogP) is 0.797. The Morgan fingerprint density at radius 1 is 1.37 bits per heavy atom. The lowest BCUT2D eigenvalue weighted by Gasteiger charge is -2.23. The summed E-state index contributed by atoms with van der Waals surface area (Å²) in [5.41, 5.74) is -1.43. The van der Waals surface area contributed by atoms with Crippen LogP contribution in [0.4, 0.5) is 4.79 Å². The van der Waals surface area contributed by atoms with E-state index < -0.39 is 18.0 Å². The van der Waals surface area contributed by atoms with E-state index in [-0.39, 0.29) is 12.6 Å². The zero-order chi connectivity index (χ0) is 14.3. The first-order chi connectivity index (χ1) is 8.89. The van der Waals surface area contributed by atoms with Gasteiger partial charge >= 0.3 is 12.0 Å². The van der Waals surface area contributed by atoms with Crippen molar-refractivity contribution in [3.05, 3.63) is 0 Å². The number of aliphatic carboxylic acids is 1. The smallest absolute Gasteiger partial charge is 0.314 e. The molecular weight excluding hydrogens is 268 g/mol. The minimum atomic E-state index is -1.43. The molecule has 2 amide bonds. The van der Waals surface area contributed by atoms with E-state index in [9.17, 15) is 14.7 Å². The van der Waals surface area contributed by atoms with E-state index in [4.69, 9.17) is 5.11 Å². The summed E-state index contributed by atoms with van der Waals surface area (Å²) in [5, 5.41) is 24.0. The molecule has 0 aromatic rings. The molecule has 0 aliphatic carbocycles. The molecular formula is C12H22N2O4S. The highest BCUT2D eigenvalue weighted by molar-refractivity contribution is 7.99. The van der Waals surface area contributed by atoms with Crippen LogP contribution in [0.1, 0.15) is 32.6 Å². The molecule has 1 aliphatic heterocycles. The van der Waals surface area contributed by atoms with Gasteiger partial charge in [0.25, 0.3) is 0 Å². The lowest BCUT2D eigenvalue weighted by molar-refractivity contribution is -0.141. The normalized spacial score (nSPS) is 22.3. The van der Waals surface area contributed by atoms with Crippen molar-refractivity contribution in [3.63, 3.8) is 0 Å². The maximum absolute atomic E-state index is 11.5. The Balaban J connectivity index is 2.18. The van der Waals surface area contributed by atoms with Gasteiger partial charge < -0.3 is 20.8 Å². The molecule has 4 N–H and O–H groups in total. The molecule has 1 heterocycles. The molecule has 2 unspecified atom stereocenters. The van der Waals surface area contributed by atoms with E-state index >= 15 is 0 Å². The van der Waals surface area contributed by atoms with Crippen molar-refractivity contribution in [3.8, 4) is 0 Å². The molecule has 7 heteroatoms. The van der Waals surface area contributed by atoms with Crippen molar-refractivity contribution in [2.24, 2.45) is 0 Å². The Hall–Kier alpha value is -0.950. The van der Waals surface area contributed by atoms with Crippen LogP contribution in [-0.2, 0) is 4.79 Å². The van der Waals surface area contributed by atoms with Crippen LogP contribution in [0.2, 0.25) is 0 Å². The van der Waals surface area contributed by atoms with E-state index in [1.165, 1.54) is 19.8 Å². The molecule has 1 rings (SSSR count). The van der Waals surface area contributed by atoms with Gasteiger partial charge in [-0.1, -0.05) is 6.42 Å². The predicted molar refractivity (Wildman–Crippen MR) is 74.4 cm³/mol. The Morgan fingerprint density at radius 3 is 2.68 bits per heavy atom. The lowest BCUT2D eigenvalue weighted by Crippen LogP contribution is -2.47. The van der Waals surface area contributed by atoms with Gasteiger partial charge in [-0.2, -0.15) is 11.8 Å². The van der Waals surface area contributed by atoms with E-state index in [2.05, 4.69) is 10.6 Å². The molecule has 0 saturated carbocycles.